The van der Waals surface area contributed by atoms with Crippen molar-refractivity contribution in [1.29, 1.82) is 0 Å². The Balaban J connectivity index is 1.22. The number of aromatic nitrogens is 5. The average molecular weight is 552 g/mol. The van der Waals surface area contributed by atoms with E-state index in [4.69, 9.17) is 10.8 Å². The Morgan fingerprint density at radius 3 is 2.68 bits per heavy atom. The van der Waals surface area contributed by atoms with Crippen molar-refractivity contribution in [1.82, 2.24) is 34.5 Å². The highest BCUT2D eigenvalue weighted by Gasteiger charge is 2.29. The second kappa shape index (κ2) is 11.5. The lowest BCUT2D eigenvalue weighted by molar-refractivity contribution is -0.127. The number of benzene rings is 1. The smallest absolute Gasteiger partial charge is 0.256 e. The van der Waals surface area contributed by atoms with E-state index in [0.29, 0.717) is 53.1 Å². The van der Waals surface area contributed by atoms with E-state index in [1.165, 1.54) is 19.2 Å². The molecule has 6 rings (SSSR count). The van der Waals surface area contributed by atoms with Gasteiger partial charge in [0.15, 0.2) is 5.65 Å². The topological polar surface area (TPSA) is 135 Å². The lowest BCUT2D eigenvalue weighted by Gasteiger charge is -2.32. The molecule has 2 fully saturated rings. The predicted octanol–water partition coefficient (Wildman–Crippen LogP) is 3.54. The third-order valence-corrected chi connectivity index (χ3v) is 7.72. The monoisotopic (exact) mass is 551 g/mol. The number of carbonyl (C=O) groups is 2. The third kappa shape index (κ3) is 5.80. The minimum Gasteiger partial charge on any atom is -0.383 e. The van der Waals surface area contributed by atoms with Crippen molar-refractivity contribution in [2.45, 2.75) is 37.8 Å². The Morgan fingerprint density at radius 2 is 1.93 bits per heavy atom. The SMILES string of the molecule is CN(C/C=C/C(=O)N1CCC[C@@H](n2nc(-c3ccc(C(=O)Nc4ccccn4)cc3)c3c(N)ncnc32)C1)C1CC1. The number of rotatable bonds is 8. The van der Waals surface area contributed by atoms with Crippen LogP contribution in [0, 0.1) is 0 Å². The minimum atomic E-state index is -0.256. The van der Waals surface area contributed by atoms with Gasteiger partial charge in [0.2, 0.25) is 5.91 Å². The number of nitrogen functional groups attached to an aromatic ring is 1. The number of carbonyl (C=O) groups excluding carboxylic acids is 2. The van der Waals surface area contributed by atoms with Crippen molar-refractivity contribution < 1.29 is 9.59 Å². The highest BCUT2D eigenvalue weighted by atomic mass is 16.2. The van der Waals surface area contributed by atoms with E-state index in [-0.39, 0.29) is 17.9 Å². The van der Waals surface area contributed by atoms with Crippen LogP contribution in [0.1, 0.15) is 42.1 Å². The van der Waals surface area contributed by atoms with Crippen LogP contribution in [0.25, 0.3) is 22.3 Å². The van der Waals surface area contributed by atoms with Crippen LogP contribution in [-0.2, 0) is 4.79 Å². The van der Waals surface area contributed by atoms with E-state index in [9.17, 15) is 9.59 Å². The molecule has 3 N–H and O–H groups in total. The van der Waals surface area contributed by atoms with Crippen LogP contribution in [0.15, 0.2) is 67.1 Å². The van der Waals surface area contributed by atoms with E-state index >= 15 is 0 Å². The number of nitrogens with one attached hydrogen (secondary N) is 1. The van der Waals surface area contributed by atoms with Gasteiger partial charge in [0.1, 0.15) is 23.7 Å². The van der Waals surface area contributed by atoms with Crippen LogP contribution < -0.4 is 11.1 Å². The van der Waals surface area contributed by atoms with Crippen LogP contribution >= 0.6 is 0 Å². The molecular formula is C30H33N9O2. The first-order valence-corrected chi connectivity index (χ1v) is 13.9. The summed E-state index contributed by atoms with van der Waals surface area (Å²) in [6, 6.07) is 13.1. The number of hydrogen-bond donors (Lipinski definition) is 2. The van der Waals surface area contributed by atoms with Gasteiger partial charge in [-0.05, 0) is 57.0 Å². The summed E-state index contributed by atoms with van der Waals surface area (Å²) < 4.78 is 1.88. The Labute approximate surface area is 238 Å². The quantitative estimate of drug-likeness (QED) is 0.318. The van der Waals surface area contributed by atoms with Gasteiger partial charge in [0.25, 0.3) is 5.91 Å². The van der Waals surface area contributed by atoms with Gasteiger partial charge in [-0.1, -0.05) is 24.3 Å². The average Bonchev–Trinajstić information content (AvgIpc) is 3.78. The van der Waals surface area contributed by atoms with Gasteiger partial charge >= 0.3 is 0 Å². The van der Waals surface area contributed by atoms with Crippen molar-refractivity contribution in [2.75, 3.05) is 37.7 Å². The van der Waals surface area contributed by atoms with E-state index in [1.54, 1.807) is 36.5 Å². The summed E-state index contributed by atoms with van der Waals surface area (Å²) in [6.45, 7) is 2.03. The molecule has 1 saturated carbocycles. The first-order valence-electron chi connectivity index (χ1n) is 13.9. The van der Waals surface area contributed by atoms with E-state index in [0.717, 1.165) is 24.9 Å². The van der Waals surface area contributed by atoms with Crippen molar-refractivity contribution in [2.24, 2.45) is 0 Å². The Morgan fingerprint density at radius 1 is 1.10 bits per heavy atom. The van der Waals surface area contributed by atoms with Crippen LogP contribution in [0.5, 0.6) is 0 Å². The van der Waals surface area contributed by atoms with Gasteiger partial charge in [0.05, 0.1) is 11.4 Å². The van der Waals surface area contributed by atoms with Gasteiger partial charge in [-0.15, -0.1) is 0 Å². The molecule has 0 bridgehead atoms. The molecule has 1 saturated heterocycles. The second-order valence-electron chi connectivity index (χ2n) is 10.7. The van der Waals surface area contributed by atoms with Crippen molar-refractivity contribution in [3.05, 3.63) is 72.7 Å². The molecule has 210 valence electrons. The standard InChI is InChI=1S/C30H33N9O2/c1-37(22-13-14-22)16-5-8-25(40)38-17-4-6-23(18-38)39-29-26(28(31)33-19-34-29)27(36-39)20-9-11-21(12-10-20)30(41)35-24-7-2-3-15-32-24/h2-3,5,7-12,15,19,22-23H,4,6,13-14,16-18H2,1H3,(H2,31,33,34)(H,32,35,41)/b8-5+/t23-/m1/s1. The number of hydrogen-bond acceptors (Lipinski definition) is 8. The van der Waals surface area contributed by atoms with Gasteiger partial charge in [-0.25, -0.2) is 19.6 Å². The molecule has 4 heterocycles. The molecule has 0 spiro atoms. The van der Waals surface area contributed by atoms with Crippen LogP contribution in [0.3, 0.4) is 0 Å². The first-order chi connectivity index (χ1) is 20.0. The molecule has 0 radical (unpaired) electrons. The Kier molecular flexibility index (Phi) is 7.43. The zero-order chi connectivity index (χ0) is 28.3. The lowest BCUT2D eigenvalue weighted by atomic mass is 10.1. The fourth-order valence-electron chi connectivity index (χ4n) is 5.30. The fraction of sp³-hybridized carbons (Fsp3) is 0.333. The van der Waals surface area contributed by atoms with Crippen LogP contribution in [-0.4, -0.2) is 79.1 Å². The summed E-state index contributed by atoms with van der Waals surface area (Å²) in [5.74, 6) is 0.579. The highest BCUT2D eigenvalue weighted by molar-refractivity contribution is 6.04. The van der Waals surface area contributed by atoms with Crippen molar-refractivity contribution >= 4 is 34.5 Å². The Hall–Kier alpha value is -4.64. The van der Waals surface area contributed by atoms with Crippen molar-refractivity contribution in [3.8, 4) is 11.3 Å². The molecule has 1 aliphatic carbocycles. The summed E-state index contributed by atoms with van der Waals surface area (Å²) in [7, 11) is 2.10. The summed E-state index contributed by atoms with van der Waals surface area (Å²) in [5.41, 5.74) is 8.88. The maximum atomic E-state index is 13.0. The van der Waals surface area contributed by atoms with Crippen molar-refractivity contribution in [3.63, 3.8) is 0 Å². The molecule has 1 aromatic carbocycles. The minimum absolute atomic E-state index is 0.0179. The number of fused-ring (bicyclic) bond motifs is 1. The number of anilines is 2. The van der Waals surface area contributed by atoms with E-state index in [2.05, 4.69) is 32.2 Å². The summed E-state index contributed by atoms with van der Waals surface area (Å²) in [5, 5.41) is 8.40. The van der Waals surface area contributed by atoms with Crippen LogP contribution in [0.2, 0.25) is 0 Å². The van der Waals surface area contributed by atoms with Gasteiger partial charge in [0, 0.05) is 49.1 Å². The summed E-state index contributed by atoms with van der Waals surface area (Å²) >= 11 is 0. The van der Waals surface area contributed by atoms with E-state index < -0.39 is 0 Å². The van der Waals surface area contributed by atoms with E-state index in [1.807, 2.05) is 33.9 Å². The Bertz CT molecular complexity index is 1580. The molecule has 4 aromatic rings. The van der Waals surface area contributed by atoms with Gasteiger partial charge in [-0.2, -0.15) is 5.10 Å². The molecule has 0 unspecified atom stereocenters. The third-order valence-electron chi connectivity index (χ3n) is 7.72. The number of piperidine rings is 1. The molecular weight excluding hydrogens is 518 g/mol. The molecule has 11 nitrogen and oxygen atoms in total. The molecule has 2 aliphatic rings. The summed E-state index contributed by atoms with van der Waals surface area (Å²) in [4.78, 5) is 42.8. The van der Waals surface area contributed by atoms with Crippen LogP contribution in [0.4, 0.5) is 11.6 Å². The summed E-state index contributed by atoms with van der Waals surface area (Å²) in [6.07, 6.45) is 10.9. The fourth-order valence-corrected chi connectivity index (χ4v) is 5.30. The predicted molar refractivity (Wildman–Crippen MR) is 157 cm³/mol. The largest absolute Gasteiger partial charge is 0.383 e. The second-order valence-corrected chi connectivity index (χ2v) is 10.7. The number of pyridine rings is 1. The number of nitrogens with zero attached hydrogens (tertiary/aromatic N) is 7. The maximum Gasteiger partial charge on any atom is 0.256 e. The molecule has 2 amide bonds. The first kappa shape index (κ1) is 26.6. The highest BCUT2D eigenvalue weighted by Crippen LogP contribution is 2.34. The zero-order valence-corrected chi connectivity index (χ0v) is 23.0. The van der Waals surface area contributed by atoms with Gasteiger partial charge < -0.3 is 16.0 Å². The molecule has 1 aliphatic heterocycles. The molecule has 3 aromatic heterocycles. The zero-order valence-electron chi connectivity index (χ0n) is 23.0. The maximum absolute atomic E-state index is 13.0. The van der Waals surface area contributed by atoms with Gasteiger partial charge in [-0.3, -0.25) is 14.5 Å². The lowest BCUT2D eigenvalue weighted by Crippen LogP contribution is -2.40. The normalized spacial score (nSPS) is 17.4. The molecule has 1 atom stereocenters. The number of likely N-dealkylation sites (tertiary alicyclic amines) is 1. The number of likely N-dealkylation sites (N-methyl/N-ethyl adjacent to an activating group) is 1. The number of nitrogens with two attached hydrogens (primary N) is 1. The molecule has 11 heteroatoms. The number of amides is 2. The molecule has 41 heavy (non-hydrogen) atoms.